The lowest BCUT2D eigenvalue weighted by Crippen LogP contribution is -2.44. The largest absolute Gasteiger partial charge is 0.490 e. The van der Waals surface area contributed by atoms with Crippen molar-refractivity contribution in [1.29, 1.82) is 0 Å². The molecule has 1 aliphatic heterocycles. The molecular weight excluding hydrogens is 340 g/mol. The molecule has 0 aromatic heterocycles. The maximum Gasteiger partial charge on any atom is 0.161 e. The number of nitrogens with zero attached hydrogens (tertiary/aromatic N) is 1. The van der Waals surface area contributed by atoms with Gasteiger partial charge in [0.05, 0.1) is 19.3 Å². The Morgan fingerprint density at radius 2 is 1.93 bits per heavy atom. The quantitative estimate of drug-likeness (QED) is 0.735. The molecule has 146 valence electrons. The highest BCUT2D eigenvalue weighted by Gasteiger charge is 2.17. The van der Waals surface area contributed by atoms with Crippen LogP contribution in [0.1, 0.15) is 18.1 Å². The van der Waals surface area contributed by atoms with Crippen molar-refractivity contribution in [2.24, 2.45) is 0 Å². The minimum absolute atomic E-state index is 0.253. The van der Waals surface area contributed by atoms with Gasteiger partial charge in [0.15, 0.2) is 11.5 Å². The SMILES string of the molecule is CCOc1cc(CNCC2CN(C)CCO2)ccc1OCc1ccccc1. The third kappa shape index (κ3) is 6.24. The van der Waals surface area contributed by atoms with E-state index < -0.39 is 0 Å². The minimum Gasteiger partial charge on any atom is -0.490 e. The first-order valence-corrected chi connectivity index (χ1v) is 9.68. The molecule has 2 aromatic rings. The van der Waals surface area contributed by atoms with Crippen molar-refractivity contribution in [3.05, 3.63) is 59.7 Å². The number of benzene rings is 2. The van der Waals surface area contributed by atoms with E-state index in [2.05, 4.69) is 41.5 Å². The van der Waals surface area contributed by atoms with Crippen LogP contribution < -0.4 is 14.8 Å². The molecule has 0 saturated carbocycles. The van der Waals surface area contributed by atoms with E-state index in [0.717, 1.165) is 49.8 Å². The molecule has 0 bridgehead atoms. The summed E-state index contributed by atoms with van der Waals surface area (Å²) in [6.45, 7) is 7.56. The first kappa shape index (κ1) is 19.7. The predicted octanol–water partition coefficient (Wildman–Crippen LogP) is 3.08. The van der Waals surface area contributed by atoms with Gasteiger partial charge in [-0.1, -0.05) is 36.4 Å². The Morgan fingerprint density at radius 3 is 2.70 bits per heavy atom. The summed E-state index contributed by atoms with van der Waals surface area (Å²) >= 11 is 0. The van der Waals surface area contributed by atoms with Gasteiger partial charge in [-0.2, -0.15) is 0 Å². The zero-order valence-electron chi connectivity index (χ0n) is 16.3. The van der Waals surface area contributed by atoms with Crippen LogP contribution in [0.2, 0.25) is 0 Å². The van der Waals surface area contributed by atoms with E-state index in [9.17, 15) is 0 Å². The van der Waals surface area contributed by atoms with Crippen molar-refractivity contribution in [2.75, 3.05) is 39.9 Å². The molecule has 1 aliphatic rings. The van der Waals surface area contributed by atoms with E-state index in [1.165, 1.54) is 5.56 Å². The van der Waals surface area contributed by atoms with Gasteiger partial charge in [0.2, 0.25) is 0 Å². The van der Waals surface area contributed by atoms with E-state index in [1.54, 1.807) is 0 Å². The van der Waals surface area contributed by atoms with Gasteiger partial charge < -0.3 is 24.4 Å². The Kier molecular flexibility index (Phi) is 7.51. The molecule has 1 saturated heterocycles. The Hall–Kier alpha value is -2.08. The number of nitrogens with one attached hydrogen (secondary N) is 1. The van der Waals surface area contributed by atoms with Gasteiger partial charge in [0.25, 0.3) is 0 Å². The smallest absolute Gasteiger partial charge is 0.161 e. The summed E-state index contributed by atoms with van der Waals surface area (Å²) in [5.41, 5.74) is 2.32. The van der Waals surface area contributed by atoms with Gasteiger partial charge >= 0.3 is 0 Å². The van der Waals surface area contributed by atoms with Crippen LogP contribution in [-0.4, -0.2) is 50.9 Å². The standard InChI is InChI=1S/C22H30N2O3/c1-3-25-22-13-19(14-23-15-20-16-24(2)11-12-26-20)9-10-21(22)27-17-18-7-5-4-6-8-18/h4-10,13,20,23H,3,11-12,14-17H2,1-2H3. The predicted molar refractivity (Wildman–Crippen MR) is 107 cm³/mol. The van der Waals surface area contributed by atoms with Crippen molar-refractivity contribution in [1.82, 2.24) is 10.2 Å². The Morgan fingerprint density at radius 1 is 1.07 bits per heavy atom. The van der Waals surface area contributed by atoms with Gasteiger partial charge in [0.1, 0.15) is 6.61 Å². The highest BCUT2D eigenvalue weighted by molar-refractivity contribution is 5.43. The van der Waals surface area contributed by atoms with E-state index in [-0.39, 0.29) is 6.10 Å². The van der Waals surface area contributed by atoms with Crippen LogP contribution in [0.3, 0.4) is 0 Å². The lowest BCUT2D eigenvalue weighted by molar-refractivity contribution is -0.0182. The molecule has 5 nitrogen and oxygen atoms in total. The molecule has 1 N–H and O–H groups in total. The monoisotopic (exact) mass is 370 g/mol. The van der Waals surface area contributed by atoms with E-state index in [0.29, 0.717) is 13.2 Å². The van der Waals surface area contributed by atoms with Crippen LogP contribution >= 0.6 is 0 Å². The molecule has 1 fully saturated rings. The fourth-order valence-corrected chi connectivity index (χ4v) is 3.15. The summed E-state index contributed by atoms with van der Waals surface area (Å²) in [4.78, 5) is 2.31. The molecule has 0 radical (unpaired) electrons. The van der Waals surface area contributed by atoms with Crippen molar-refractivity contribution >= 4 is 0 Å². The second-order valence-corrected chi connectivity index (χ2v) is 6.87. The topological polar surface area (TPSA) is 43.0 Å². The average molecular weight is 370 g/mol. The second kappa shape index (κ2) is 10.3. The number of hydrogen-bond donors (Lipinski definition) is 1. The summed E-state index contributed by atoms with van der Waals surface area (Å²) in [5.74, 6) is 1.57. The number of rotatable bonds is 9. The summed E-state index contributed by atoms with van der Waals surface area (Å²) < 4.78 is 17.6. The molecule has 3 rings (SSSR count). The van der Waals surface area contributed by atoms with Gasteiger partial charge in [-0.25, -0.2) is 0 Å². The first-order chi connectivity index (χ1) is 13.2. The first-order valence-electron chi connectivity index (χ1n) is 9.68. The van der Waals surface area contributed by atoms with Gasteiger partial charge in [-0.3, -0.25) is 0 Å². The third-order valence-electron chi connectivity index (χ3n) is 4.59. The van der Waals surface area contributed by atoms with Crippen LogP contribution in [-0.2, 0) is 17.9 Å². The Balaban J connectivity index is 1.54. The number of ether oxygens (including phenoxy) is 3. The summed E-state index contributed by atoms with van der Waals surface area (Å²) in [7, 11) is 2.14. The van der Waals surface area contributed by atoms with E-state index in [1.807, 2.05) is 31.2 Å². The fraction of sp³-hybridized carbons (Fsp3) is 0.455. The normalized spacial score (nSPS) is 17.6. The molecule has 0 spiro atoms. The van der Waals surface area contributed by atoms with Gasteiger partial charge in [0, 0.05) is 26.2 Å². The lowest BCUT2D eigenvalue weighted by Gasteiger charge is -2.30. The molecular formula is C22H30N2O3. The fourth-order valence-electron chi connectivity index (χ4n) is 3.15. The van der Waals surface area contributed by atoms with E-state index in [4.69, 9.17) is 14.2 Å². The van der Waals surface area contributed by atoms with Crippen LogP contribution in [0.25, 0.3) is 0 Å². The van der Waals surface area contributed by atoms with Gasteiger partial charge in [-0.15, -0.1) is 0 Å². The highest BCUT2D eigenvalue weighted by Crippen LogP contribution is 2.29. The third-order valence-corrected chi connectivity index (χ3v) is 4.59. The number of hydrogen-bond acceptors (Lipinski definition) is 5. The maximum absolute atomic E-state index is 5.97. The van der Waals surface area contributed by atoms with Crippen LogP contribution in [0.5, 0.6) is 11.5 Å². The summed E-state index contributed by atoms with van der Waals surface area (Å²) in [6.07, 6.45) is 0.253. The number of morpholine rings is 1. The van der Waals surface area contributed by atoms with Crippen LogP contribution in [0.4, 0.5) is 0 Å². The molecule has 1 atom stereocenters. The lowest BCUT2D eigenvalue weighted by atomic mass is 10.2. The molecule has 1 heterocycles. The Labute approximate surface area is 162 Å². The minimum atomic E-state index is 0.253. The second-order valence-electron chi connectivity index (χ2n) is 6.87. The number of likely N-dealkylation sites (N-methyl/N-ethyl adjacent to an activating group) is 1. The van der Waals surface area contributed by atoms with Crippen molar-refractivity contribution in [2.45, 2.75) is 26.2 Å². The van der Waals surface area contributed by atoms with Crippen molar-refractivity contribution in [3.63, 3.8) is 0 Å². The molecule has 0 aliphatic carbocycles. The highest BCUT2D eigenvalue weighted by atomic mass is 16.5. The molecule has 1 unspecified atom stereocenters. The summed E-state index contributed by atoms with van der Waals surface area (Å²) in [6, 6.07) is 16.3. The van der Waals surface area contributed by atoms with Crippen LogP contribution in [0.15, 0.2) is 48.5 Å². The van der Waals surface area contributed by atoms with Gasteiger partial charge in [-0.05, 0) is 37.2 Å². The molecule has 27 heavy (non-hydrogen) atoms. The summed E-state index contributed by atoms with van der Waals surface area (Å²) in [5, 5.41) is 3.49. The zero-order chi connectivity index (χ0) is 18.9. The van der Waals surface area contributed by atoms with Crippen molar-refractivity contribution < 1.29 is 14.2 Å². The Bertz CT molecular complexity index is 693. The molecule has 2 aromatic carbocycles. The molecule has 5 heteroatoms. The average Bonchev–Trinajstić information content (AvgIpc) is 2.68. The zero-order valence-corrected chi connectivity index (χ0v) is 16.3. The maximum atomic E-state index is 5.97. The van der Waals surface area contributed by atoms with Crippen LogP contribution in [0, 0.1) is 0 Å². The van der Waals surface area contributed by atoms with E-state index >= 15 is 0 Å². The molecule has 0 amide bonds. The van der Waals surface area contributed by atoms with Crippen molar-refractivity contribution in [3.8, 4) is 11.5 Å².